The third kappa shape index (κ3) is 1.96. The number of anilines is 2. The Morgan fingerprint density at radius 1 is 1.19 bits per heavy atom. The van der Waals surface area contributed by atoms with Gasteiger partial charge in [0.05, 0.1) is 6.10 Å². The predicted molar refractivity (Wildman–Crippen MR) is 77.5 cm³/mol. The summed E-state index contributed by atoms with van der Waals surface area (Å²) in [6.45, 7) is 2.76. The third-order valence-corrected chi connectivity index (χ3v) is 3.81. The summed E-state index contributed by atoms with van der Waals surface area (Å²) in [6, 6.07) is 6.45. The van der Waals surface area contributed by atoms with Gasteiger partial charge in [-0.25, -0.2) is 14.4 Å². The van der Waals surface area contributed by atoms with Gasteiger partial charge in [0.15, 0.2) is 5.82 Å². The SMILES string of the molecule is CC1CC2=C(O1)c1nccnc1N(c1ccc(F)cc1)C2. The fourth-order valence-electron chi connectivity index (χ4n) is 2.91. The summed E-state index contributed by atoms with van der Waals surface area (Å²) in [5, 5.41) is 0. The molecule has 0 saturated heterocycles. The molecule has 0 bridgehead atoms. The first kappa shape index (κ1) is 12.3. The first-order valence-corrected chi connectivity index (χ1v) is 6.95. The molecule has 2 aromatic rings. The fourth-order valence-corrected chi connectivity index (χ4v) is 2.91. The molecular weight excluding hydrogens is 269 g/mol. The van der Waals surface area contributed by atoms with Crippen molar-refractivity contribution in [2.24, 2.45) is 0 Å². The summed E-state index contributed by atoms with van der Waals surface area (Å²) < 4.78 is 19.0. The van der Waals surface area contributed by atoms with Crippen LogP contribution < -0.4 is 4.90 Å². The minimum Gasteiger partial charge on any atom is -0.488 e. The lowest BCUT2D eigenvalue weighted by Gasteiger charge is -2.29. The van der Waals surface area contributed by atoms with E-state index in [1.807, 2.05) is 0 Å². The van der Waals surface area contributed by atoms with Crippen molar-refractivity contribution < 1.29 is 9.13 Å². The molecule has 4 nitrogen and oxygen atoms in total. The van der Waals surface area contributed by atoms with Crippen LogP contribution in [-0.2, 0) is 4.74 Å². The Morgan fingerprint density at radius 3 is 2.76 bits per heavy atom. The van der Waals surface area contributed by atoms with Crippen molar-refractivity contribution in [2.45, 2.75) is 19.4 Å². The molecule has 1 unspecified atom stereocenters. The molecule has 1 aromatic carbocycles. The topological polar surface area (TPSA) is 38.3 Å². The van der Waals surface area contributed by atoms with Crippen LogP contribution in [-0.4, -0.2) is 22.6 Å². The Morgan fingerprint density at radius 2 is 1.95 bits per heavy atom. The van der Waals surface area contributed by atoms with E-state index >= 15 is 0 Å². The van der Waals surface area contributed by atoms with E-state index in [4.69, 9.17) is 4.74 Å². The van der Waals surface area contributed by atoms with E-state index in [2.05, 4.69) is 21.8 Å². The highest BCUT2D eigenvalue weighted by Gasteiger charge is 2.34. The number of aromatic nitrogens is 2. The number of fused-ring (bicyclic) bond motifs is 2. The zero-order valence-electron chi connectivity index (χ0n) is 11.6. The van der Waals surface area contributed by atoms with Gasteiger partial charge < -0.3 is 9.64 Å². The van der Waals surface area contributed by atoms with Crippen LogP contribution >= 0.6 is 0 Å². The van der Waals surface area contributed by atoms with Crippen molar-refractivity contribution in [1.29, 1.82) is 0 Å². The highest BCUT2D eigenvalue weighted by Crippen LogP contribution is 2.42. The number of nitrogens with zero attached hydrogens (tertiary/aromatic N) is 3. The van der Waals surface area contributed by atoms with E-state index in [1.54, 1.807) is 24.5 Å². The normalized spacial score (nSPS) is 20.1. The van der Waals surface area contributed by atoms with E-state index in [0.29, 0.717) is 6.54 Å². The minimum absolute atomic E-state index is 0.165. The molecule has 0 spiro atoms. The smallest absolute Gasteiger partial charge is 0.163 e. The number of hydrogen-bond acceptors (Lipinski definition) is 4. The predicted octanol–water partition coefficient (Wildman–Crippen LogP) is 3.29. The number of halogens is 1. The van der Waals surface area contributed by atoms with E-state index in [0.717, 1.165) is 29.4 Å². The number of rotatable bonds is 1. The highest BCUT2D eigenvalue weighted by atomic mass is 19.1. The van der Waals surface area contributed by atoms with Crippen molar-refractivity contribution >= 4 is 17.3 Å². The van der Waals surface area contributed by atoms with Crippen LogP contribution in [0.25, 0.3) is 5.76 Å². The Hall–Kier alpha value is -2.43. The van der Waals surface area contributed by atoms with Crippen LogP contribution in [0.5, 0.6) is 0 Å². The van der Waals surface area contributed by atoms with Gasteiger partial charge in [0.25, 0.3) is 0 Å². The van der Waals surface area contributed by atoms with Crippen molar-refractivity contribution in [2.75, 3.05) is 11.4 Å². The molecule has 2 aliphatic rings. The van der Waals surface area contributed by atoms with Gasteiger partial charge in [-0.1, -0.05) is 0 Å². The second-order valence-corrected chi connectivity index (χ2v) is 5.36. The summed E-state index contributed by atoms with van der Waals surface area (Å²) in [6.07, 6.45) is 4.39. The number of hydrogen-bond donors (Lipinski definition) is 0. The van der Waals surface area contributed by atoms with Gasteiger partial charge in [-0.05, 0) is 36.8 Å². The van der Waals surface area contributed by atoms with Gasteiger partial charge in [0.2, 0.25) is 0 Å². The lowest BCUT2D eigenvalue weighted by atomic mass is 10.0. The molecule has 5 heteroatoms. The van der Waals surface area contributed by atoms with Crippen molar-refractivity contribution in [3.63, 3.8) is 0 Å². The van der Waals surface area contributed by atoms with Crippen LogP contribution in [0.4, 0.5) is 15.9 Å². The summed E-state index contributed by atoms with van der Waals surface area (Å²) in [7, 11) is 0. The quantitative estimate of drug-likeness (QED) is 0.805. The molecule has 0 aliphatic carbocycles. The van der Waals surface area contributed by atoms with Gasteiger partial charge in [-0.15, -0.1) is 0 Å². The monoisotopic (exact) mass is 283 g/mol. The molecule has 0 saturated carbocycles. The van der Waals surface area contributed by atoms with Gasteiger partial charge in [-0.3, -0.25) is 0 Å². The van der Waals surface area contributed by atoms with Crippen LogP contribution in [0.1, 0.15) is 19.0 Å². The summed E-state index contributed by atoms with van der Waals surface area (Å²) in [4.78, 5) is 10.9. The Bertz CT molecular complexity index is 727. The molecule has 3 heterocycles. The summed E-state index contributed by atoms with van der Waals surface area (Å²) >= 11 is 0. The largest absolute Gasteiger partial charge is 0.488 e. The Balaban J connectivity index is 1.82. The van der Waals surface area contributed by atoms with Gasteiger partial charge in [-0.2, -0.15) is 0 Å². The Kier molecular flexibility index (Phi) is 2.67. The van der Waals surface area contributed by atoms with E-state index in [-0.39, 0.29) is 11.9 Å². The summed E-state index contributed by atoms with van der Waals surface area (Å²) in [5.41, 5.74) is 2.90. The molecule has 21 heavy (non-hydrogen) atoms. The second-order valence-electron chi connectivity index (χ2n) is 5.36. The first-order valence-electron chi connectivity index (χ1n) is 6.95. The van der Waals surface area contributed by atoms with Gasteiger partial charge in [0.1, 0.15) is 17.3 Å². The number of benzene rings is 1. The van der Waals surface area contributed by atoms with Crippen molar-refractivity contribution in [3.8, 4) is 0 Å². The van der Waals surface area contributed by atoms with E-state index in [1.165, 1.54) is 17.7 Å². The maximum absolute atomic E-state index is 13.1. The number of ether oxygens (including phenoxy) is 1. The van der Waals surface area contributed by atoms with Gasteiger partial charge >= 0.3 is 0 Å². The molecule has 4 rings (SSSR count). The summed E-state index contributed by atoms with van der Waals surface area (Å²) in [5.74, 6) is 1.38. The zero-order chi connectivity index (χ0) is 14.4. The molecular formula is C16H14FN3O. The van der Waals surface area contributed by atoms with Gasteiger partial charge in [0, 0.05) is 31.0 Å². The van der Waals surface area contributed by atoms with E-state index < -0.39 is 0 Å². The second kappa shape index (κ2) is 4.55. The molecule has 0 N–H and O–H groups in total. The molecule has 1 aromatic heterocycles. The lowest BCUT2D eigenvalue weighted by molar-refractivity contribution is 0.209. The molecule has 2 aliphatic heterocycles. The fraction of sp³-hybridized carbons (Fsp3) is 0.250. The average Bonchev–Trinajstić information content (AvgIpc) is 2.88. The maximum atomic E-state index is 13.1. The molecule has 106 valence electrons. The molecule has 1 atom stereocenters. The molecule has 0 radical (unpaired) electrons. The van der Waals surface area contributed by atoms with Crippen molar-refractivity contribution in [1.82, 2.24) is 9.97 Å². The van der Waals surface area contributed by atoms with Crippen molar-refractivity contribution in [3.05, 3.63) is 53.7 Å². The van der Waals surface area contributed by atoms with Crippen LogP contribution in [0.3, 0.4) is 0 Å². The average molecular weight is 283 g/mol. The van der Waals surface area contributed by atoms with Crippen LogP contribution in [0, 0.1) is 5.82 Å². The zero-order valence-corrected chi connectivity index (χ0v) is 11.6. The Labute approximate surface area is 121 Å². The van der Waals surface area contributed by atoms with Crippen LogP contribution in [0.15, 0.2) is 42.2 Å². The molecule has 0 amide bonds. The standard InChI is InChI=1S/C16H14FN3O/c1-10-8-11-9-20(13-4-2-12(17)3-5-13)16-14(15(11)21-10)18-6-7-19-16/h2-7,10H,8-9H2,1H3. The lowest BCUT2D eigenvalue weighted by Crippen LogP contribution is -2.26. The molecule has 0 fully saturated rings. The highest BCUT2D eigenvalue weighted by molar-refractivity contribution is 5.80. The first-order chi connectivity index (χ1) is 10.2. The maximum Gasteiger partial charge on any atom is 0.163 e. The third-order valence-electron chi connectivity index (χ3n) is 3.81. The minimum atomic E-state index is -0.243. The van der Waals surface area contributed by atoms with E-state index in [9.17, 15) is 4.39 Å². The van der Waals surface area contributed by atoms with Crippen LogP contribution in [0.2, 0.25) is 0 Å².